The molecule has 0 saturated carbocycles. The van der Waals surface area contributed by atoms with E-state index in [9.17, 15) is 18.8 Å². The number of rotatable bonds is 2. The van der Waals surface area contributed by atoms with Gasteiger partial charge >= 0.3 is 0 Å². The SMILES string of the molecule is O=C1c2ccccc2C(=O)c2c(NC(=O)c3c(F)cccc3Cl)cccc21. The van der Waals surface area contributed by atoms with Crippen LogP contribution in [0.15, 0.2) is 60.7 Å². The second-order valence-electron chi connectivity index (χ2n) is 5.98. The first-order chi connectivity index (χ1) is 13.0. The maximum atomic E-state index is 14.0. The van der Waals surface area contributed by atoms with Gasteiger partial charge in [0.25, 0.3) is 5.91 Å². The van der Waals surface area contributed by atoms with Gasteiger partial charge in [-0.3, -0.25) is 14.4 Å². The molecule has 4 rings (SSSR count). The Labute approximate surface area is 158 Å². The number of benzene rings is 3. The number of hydrogen-bond acceptors (Lipinski definition) is 3. The Morgan fingerprint density at radius 2 is 1.44 bits per heavy atom. The van der Waals surface area contributed by atoms with Gasteiger partial charge in [0.15, 0.2) is 11.6 Å². The number of halogens is 2. The number of anilines is 1. The Balaban J connectivity index is 1.80. The smallest absolute Gasteiger partial charge is 0.260 e. The summed E-state index contributed by atoms with van der Waals surface area (Å²) in [5.74, 6) is -2.26. The van der Waals surface area contributed by atoms with Crippen LogP contribution in [0.5, 0.6) is 0 Å². The fourth-order valence-electron chi connectivity index (χ4n) is 3.15. The minimum absolute atomic E-state index is 0.0509. The first-order valence-corrected chi connectivity index (χ1v) is 8.43. The second kappa shape index (κ2) is 6.45. The van der Waals surface area contributed by atoms with E-state index in [1.807, 2.05) is 0 Å². The highest BCUT2D eigenvalue weighted by molar-refractivity contribution is 6.35. The van der Waals surface area contributed by atoms with Crippen molar-refractivity contribution in [1.82, 2.24) is 0 Å². The first kappa shape index (κ1) is 17.1. The first-order valence-electron chi connectivity index (χ1n) is 8.06. The molecule has 3 aromatic rings. The zero-order chi connectivity index (χ0) is 19.1. The van der Waals surface area contributed by atoms with Gasteiger partial charge in [0, 0.05) is 16.7 Å². The van der Waals surface area contributed by atoms with E-state index in [4.69, 9.17) is 11.6 Å². The largest absolute Gasteiger partial charge is 0.321 e. The lowest BCUT2D eigenvalue weighted by atomic mass is 9.83. The number of carbonyl (C=O) groups excluding carboxylic acids is 3. The molecule has 1 aliphatic carbocycles. The van der Waals surface area contributed by atoms with Crippen LogP contribution in [0, 0.1) is 5.82 Å². The van der Waals surface area contributed by atoms with E-state index in [1.54, 1.807) is 30.3 Å². The summed E-state index contributed by atoms with van der Waals surface area (Å²) in [7, 11) is 0. The third-order valence-corrected chi connectivity index (χ3v) is 4.71. The molecule has 0 bridgehead atoms. The lowest BCUT2D eigenvalue weighted by molar-refractivity contribution is 0.0978. The third kappa shape index (κ3) is 2.73. The maximum absolute atomic E-state index is 14.0. The topological polar surface area (TPSA) is 63.2 Å². The van der Waals surface area contributed by atoms with Crippen LogP contribution in [0.4, 0.5) is 10.1 Å². The highest BCUT2D eigenvalue weighted by Gasteiger charge is 2.32. The van der Waals surface area contributed by atoms with E-state index in [1.165, 1.54) is 24.3 Å². The van der Waals surface area contributed by atoms with E-state index >= 15 is 0 Å². The Morgan fingerprint density at radius 1 is 0.815 bits per heavy atom. The zero-order valence-corrected chi connectivity index (χ0v) is 14.5. The molecular weight excluding hydrogens is 369 g/mol. The number of amides is 1. The van der Waals surface area contributed by atoms with Gasteiger partial charge in [0.1, 0.15) is 5.82 Å². The van der Waals surface area contributed by atoms with Crippen LogP contribution >= 0.6 is 11.6 Å². The average molecular weight is 380 g/mol. The van der Waals surface area contributed by atoms with E-state index < -0.39 is 11.7 Å². The highest BCUT2D eigenvalue weighted by Crippen LogP contribution is 2.32. The molecule has 0 heterocycles. The Kier molecular flexibility index (Phi) is 4.09. The van der Waals surface area contributed by atoms with Crippen molar-refractivity contribution in [3.05, 3.63) is 99.3 Å². The molecule has 0 saturated heterocycles. The number of hydrogen-bond donors (Lipinski definition) is 1. The van der Waals surface area contributed by atoms with Crippen molar-refractivity contribution in [3.63, 3.8) is 0 Å². The summed E-state index contributed by atoms with van der Waals surface area (Å²) < 4.78 is 14.0. The molecule has 0 aromatic heterocycles. The van der Waals surface area contributed by atoms with Gasteiger partial charge in [-0.25, -0.2) is 4.39 Å². The van der Waals surface area contributed by atoms with Crippen LogP contribution in [0.25, 0.3) is 0 Å². The van der Waals surface area contributed by atoms with Crippen molar-refractivity contribution in [1.29, 1.82) is 0 Å². The summed E-state index contributed by atoms with van der Waals surface area (Å²) in [6.07, 6.45) is 0. The number of carbonyl (C=O) groups is 3. The summed E-state index contributed by atoms with van der Waals surface area (Å²) in [4.78, 5) is 38.2. The van der Waals surface area contributed by atoms with Crippen molar-refractivity contribution in [3.8, 4) is 0 Å². The quantitative estimate of drug-likeness (QED) is 0.557. The molecule has 1 amide bonds. The lowest BCUT2D eigenvalue weighted by Gasteiger charge is -2.20. The van der Waals surface area contributed by atoms with E-state index in [0.29, 0.717) is 5.56 Å². The molecule has 0 unspecified atom stereocenters. The fraction of sp³-hybridized carbons (Fsp3) is 0. The predicted molar refractivity (Wildman–Crippen MR) is 99.1 cm³/mol. The van der Waals surface area contributed by atoms with Crippen molar-refractivity contribution in [2.45, 2.75) is 0 Å². The number of fused-ring (bicyclic) bond motifs is 2. The van der Waals surface area contributed by atoms with Gasteiger partial charge in [-0.2, -0.15) is 0 Å². The van der Waals surface area contributed by atoms with E-state index in [0.717, 1.165) is 6.07 Å². The van der Waals surface area contributed by atoms with Gasteiger partial charge in [0.05, 0.1) is 21.8 Å². The fourth-order valence-corrected chi connectivity index (χ4v) is 3.40. The summed E-state index contributed by atoms with van der Waals surface area (Å²) in [5.41, 5.74) is 0.658. The Bertz CT molecular complexity index is 1120. The van der Waals surface area contributed by atoms with Crippen LogP contribution in [0.3, 0.4) is 0 Å². The number of nitrogens with one attached hydrogen (secondary N) is 1. The molecule has 0 aliphatic heterocycles. The van der Waals surface area contributed by atoms with Crippen molar-refractivity contribution in [2.24, 2.45) is 0 Å². The predicted octanol–water partition coefficient (Wildman–Crippen LogP) is 4.51. The van der Waals surface area contributed by atoms with Gasteiger partial charge < -0.3 is 5.32 Å². The maximum Gasteiger partial charge on any atom is 0.260 e. The molecule has 0 spiro atoms. The minimum atomic E-state index is -0.800. The van der Waals surface area contributed by atoms with Crippen LogP contribution in [0.1, 0.15) is 42.2 Å². The normalized spacial score (nSPS) is 12.4. The lowest BCUT2D eigenvalue weighted by Crippen LogP contribution is -2.24. The molecule has 1 N–H and O–H groups in total. The van der Waals surface area contributed by atoms with E-state index in [2.05, 4.69) is 5.32 Å². The molecule has 6 heteroatoms. The van der Waals surface area contributed by atoms with Crippen molar-refractivity contribution < 1.29 is 18.8 Å². The summed E-state index contributed by atoms with van der Waals surface area (Å²) >= 11 is 5.93. The zero-order valence-electron chi connectivity index (χ0n) is 13.8. The molecule has 27 heavy (non-hydrogen) atoms. The molecule has 3 aromatic carbocycles. The Morgan fingerprint density at radius 3 is 2.15 bits per heavy atom. The van der Waals surface area contributed by atoms with Crippen LogP contribution in [-0.4, -0.2) is 17.5 Å². The van der Waals surface area contributed by atoms with Gasteiger partial charge in [-0.15, -0.1) is 0 Å². The molecule has 1 aliphatic rings. The molecule has 4 nitrogen and oxygen atoms in total. The third-order valence-electron chi connectivity index (χ3n) is 4.39. The minimum Gasteiger partial charge on any atom is -0.321 e. The van der Waals surface area contributed by atoms with Crippen LogP contribution < -0.4 is 5.32 Å². The highest BCUT2D eigenvalue weighted by atomic mass is 35.5. The van der Waals surface area contributed by atoms with Gasteiger partial charge in [-0.05, 0) is 18.2 Å². The number of ketones is 2. The van der Waals surface area contributed by atoms with Crippen molar-refractivity contribution in [2.75, 3.05) is 5.32 Å². The second-order valence-corrected chi connectivity index (χ2v) is 6.39. The van der Waals surface area contributed by atoms with Crippen molar-refractivity contribution >= 4 is 34.8 Å². The van der Waals surface area contributed by atoms with Gasteiger partial charge in [0.2, 0.25) is 0 Å². The van der Waals surface area contributed by atoms with Crippen LogP contribution in [-0.2, 0) is 0 Å². The average Bonchev–Trinajstić information content (AvgIpc) is 2.66. The Hall–Kier alpha value is -3.31. The molecule has 0 radical (unpaired) electrons. The van der Waals surface area contributed by atoms with Crippen LogP contribution in [0.2, 0.25) is 5.02 Å². The standard InChI is InChI=1S/C21H11ClFNO3/c22-14-8-4-9-15(23)18(14)21(27)24-16-10-3-7-13-17(16)20(26)12-6-2-1-5-11(12)19(13)25/h1-10H,(H,24,27). The molecule has 0 atom stereocenters. The monoisotopic (exact) mass is 379 g/mol. The molecular formula is C21H11ClFNO3. The van der Waals surface area contributed by atoms with E-state index in [-0.39, 0.29) is 44.5 Å². The molecule has 132 valence electrons. The summed E-state index contributed by atoms with van der Waals surface area (Å²) in [6, 6.07) is 15.0. The molecule has 0 fully saturated rings. The van der Waals surface area contributed by atoms with Gasteiger partial charge in [-0.1, -0.05) is 54.1 Å². The summed E-state index contributed by atoms with van der Waals surface area (Å²) in [6.45, 7) is 0. The summed E-state index contributed by atoms with van der Waals surface area (Å²) in [5, 5.41) is 2.46.